The van der Waals surface area contributed by atoms with E-state index in [0.717, 1.165) is 18.5 Å². The van der Waals surface area contributed by atoms with Crippen LogP contribution >= 0.6 is 0 Å². The highest BCUT2D eigenvalue weighted by molar-refractivity contribution is 5.96. The molecule has 0 radical (unpaired) electrons. The van der Waals surface area contributed by atoms with E-state index in [0.29, 0.717) is 37.3 Å². The molecule has 0 spiro atoms. The normalized spacial score (nSPS) is 11.4. The molecular formula is C18H25N3O3. The van der Waals surface area contributed by atoms with Gasteiger partial charge in [-0.15, -0.1) is 0 Å². The van der Waals surface area contributed by atoms with Crippen molar-refractivity contribution in [3.05, 3.63) is 23.8 Å². The van der Waals surface area contributed by atoms with Gasteiger partial charge in [0.2, 0.25) is 5.91 Å². The van der Waals surface area contributed by atoms with Gasteiger partial charge in [0.15, 0.2) is 6.29 Å². The van der Waals surface area contributed by atoms with Crippen molar-refractivity contribution in [3.8, 4) is 6.07 Å². The highest BCUT2D eigenvalue weighted by Crippen LogP contribution is 2.26. The highest BCUT2D eigenvalue weighted by Gasteiger charge is 2.19. The van der Waals surface area contributed by atoms with Crippen LogP contribution in [0.15, 0.2) is 18.2 Å². The summed E-state index contributed by atoms with van der Waals surface area (Å²) in [7, 11) is 0. The summed E-state index contributed by atoms with van der Waals surface area (Å²) < 4.78 is 5.56. The largest absolute Gasteiger partial charge is 0.380 e. The van der Waals surface area contributed by atoms with E-state index in [4.69, 9.17) is 10.00 Å². The summed E-state index contributed by atoms with van der Waals surface area (Å²) in [5, 5.41) is 11.6. The zero-order valence-electron chi connectivity index (χ0n) is 14.5. The van der Waals surface area contributed by atoms with Gasteiger partial charge in [-0.05, 0) is 38.5 Å². The third-order valence-corrected chi connectivity index (χ3v) is 3.69. The smallest absolute Gasteiger partial charge is 0.221 e. The number of ether oxygens (including phenoxy) is 1. The molecule has 1 amide bonds. The summed E-state index contributed by atoms with van der Waals surface area (Å²) in [5.41, 5.74) is 1.81. The third-order valence-electron chi connectivity index (χ3n) is 3.69. The number of amides is 1. The third kappa shape index (κ3) is 5.67. The monoisotopic (exact) mass is 331 g/mol. The van der Waals surface area contributed by atoms with Crippen LogP contribution in [0.5, 0.6) is 0 Å². The molecule has 1 rings (SSSR count). The molecule has 1 aromatic rings. The van der Waals surface area contributed by atoms with Crippen molar-refractivity contribution in [2.75, 3.05) is 30.0 Å². The van der Waals surface area contributed by atoms with Crippen LogP contribution in [0.4, 0.5) is 11.4 Å². The molecule has 0 saturated carbocycles. The average molecular weight is 331 g/mol. The maximum absolute atomic E-state index is 11.4. The Balaban J connectivity index is 3.13. The Hall–Kier alpha value is -2.39. The molecule has 0 heterocycles. The van der Waals surface area contributed by atoms with Crippen LogP contribution in [0.3, 0.4) is 0 Å². The Kier molecular flexibility index (Phi) is 8.52. The molecule has 0 bridgehead atoms. The van der Waals surface area contributed by atoms with Crippen molar-refractivity contribution in [3.63, 3.8) is 0 Å². The van der Waals surface area contributed by atoms with Crippen LogP contribution < -0.4 is 10.2 Å². The summed E-state index contributed by atoms with van der Waals surface area (Å²) in [4.78, 5) is 24.6. The van der Waals surface area contributed by atoms with E-state index in [1.807, 2.05) is 19.9 Å². The van der Waals surface area contributed by atoms with Gasteiger partial charge in [0.05, 0.1) is 24.4 Å². The summed E-state index contributed by atoms with van der Waals surface area (Å²) >= 11 is 0. The SMILES string of the molecule is CCOCC(CCC#N)N(CC)c1ccc(C=O)c(NC(C)=O)c1. The Morgan fingerprint density at radius 1 is 1.46 bits per heavy atom. The van der Waals surface area contributed by atoms with Gasteiger partial charge in [-0.3, -0.25) is 9.59 Å². The number of nitrogens with one attached hydrogen (secondary N) is 1. The molecule has 0 fully saturated rings. The predicted molar refractivity (Wildman–Crippen MR) is 94.3 cm³/mol. The molecule has 6 heteroatoms. The second-order valence-electron chi connectivity index (χ2n) is 5.37. The number of aldehydes is 1. The van der Waals surface area contributed by atoms with Crippen LogP contribution in [-0.2, 0) is 9.53 Å². The van der Waals surface area contributed by atoms with Crippen LogP contribution in [0.25, 0.3) is 0 Å². The summed E-state index contributed by atoms with van der Waals surface area (Å²) in [6.07, 6.45) is 1.85. The van der Waals surface area contributed by atoms with Gasteiger partial charge in [-0.1, -0.05) is 0 Å². The Bertz CT molecular complexity index is 596. The number of nitriles is 1. The highest BCUT2D eigenvalue weighted by atomic mass is 16.5. The number of carbonyl (C=O) groups is 2. The first-order valence-electron chi connectivity index (χ1n) is 8.15. The summed E-state index contributed by atoms with van der Waals surface area (Å²) in [5.74, 6) is -0.228. The van der Waals surface area contributed by atoms with E-state index in [-0.39, 0.29) is 11.9 Å². The minimum absolute atomic E-state index is 0.0573. The molecule has 6 nitrogen and oxygen atoms in total. The van der Waals surface area contributed by atoms with Crippen molar-refractivity contribution in [2.45, 2.75) is 39.7 Å². The number of benzene rings is 1. The first-order chi connectivity index (χ1) is 11.6. The van der Waals surface area contributed by atoms with E-state index in [2.05, 4.69) is 16.3 Å². The minimum Gasteiger partial charge on any atom is -0.380 e. The van der Waals surface area contributed by atoms with Crippen LogP contribution in [0.1, 0.15) is 44.0 Å². The van der Waals surface area contributed by atoms with Gasteiger partial charge in [0.25, 0.3) is 0 Å². The van der Waals surface area contributed by atoms with E-state index in [9.17, 15) is 9.59 Å². The molecule has 1 atom stereocenters. The molecule has 24 heavy (non-hydrogen) atoms. The van der Waals surface area contributed by atoms with Crippen LogP contribution in [0.2, 0.25) is 0 Å². The topological polar surface area (TPSA) is 82.4 Å². The molecule has 0 aliphatic carbocycles. The molecule has 130 valence electrons. The van der Waals surface area contributed by atoms with Crippen LogP contribution in [0, 0.1) is 11.3 Å². The van der Waals surface area contributed by atoms with E-state index in [1.165, 1.54) is 6.92 Å². The van der Waals surface area contributed by atoms with Gasteiger partial charge in [0.1, 0.15) is 0 Å². The molecule has 1 unspecified atom stereocenters. The van der Waals surface area contributed by atoms with Crippen molar-refractivity contribution in [1.29, 1.82) is 5.26 Å². The predicted octanol–water partition coefficient (Wildman–Crippen LogP) is 2.99. The van der Waals surface area contributed by atoms with Crippen molar-refractivity contribution in [2.24, 2.45) is 0 Å². The zero-order valence-corrected chi connectivity index (χ0v) is 14.5. The Morgan fingerprint density at radius 2 is 2.21 bits per heavy atom. The number of hydrogen-bond acceptors (Lipinski definition) is 5. The summed E-state index contributed by atoms with van der Waals surface area (Å²) in [6.45, 7) is 7.23. The Morgan fingerprint density at radius 3 is 2.75 bits per heavy atom. The number of anilines is 2. The van der Waals surface area contributed by atoms with E-state index < -0.39 is 0 Å². The second kappa shape index (κ2) is 10.4. The number of carbonyl (C=O) groups excluding carboxylic acids is 2. The lowest BCUT2D eigenvalue weighted by molar-refractivity contribution is -0.114. The number of hydrogen-bond donors (Lipinski definition) is 1. The Labute approximate surface area is 143 Å². The van der Waals surface area contributed by atoms with Gasteiger partial charge < -0.3 is 15.0 Å². The van der Waals surface area contributed by atoms with Crippen molar-refractivity contribution < 1.29 is 14.3 Å². The second-order valence-corrected chi connectivity index (χ2v) is 5.37. The first kappa shape index (κ1) is 19.7. The van der Waals surface area contributed by atoms with Gasteiger partial charge in [-0.2, -0.15) is 5.26 Å². The number of likely N-dealkylation sites (N-methyl/N-ethyl adjacent to an activating group) is 1. The van der Waals surface area contributed by atoms with Gasteiger partial charge in [-0.25, -0.2) is 0 Å². The van der Waals surface area contributed by atoms with Gasteiger partial charge in [0, 0.05) is 37.7 Å². The molecule has 0 saturated heterocycles. The average Bonchev–Trinajstić information content (AvgIpc) is 2.57. The summed E-state index contributed by atoms with van der Waals surface area (Å²) in [6, 6.07) is 7.57. The molecule has 0 aromatic heterocycles. The van der Waals surface area contributed by atoms with E-state index >= 15 is 0 Å². The maximum atomic E-state index is 11.4. The lowest BCUT2D eigenvalue weighted by Crippen LogP contribution is -2.39. The van der Waals surface area contributed by atoms with Crippen molar-refractivity contribution in [1.82, 2.24) is 0 Å². The lowest BCUT2D eigenvalue weighted by Gasteiger charge is -2.33. The fraction of sp³-hybridized carbons (Fsp3) is 0.500. The quantitative estimate of drug-likeness (QED) is 0.666. The van der Waals surface area contributed by atoms with Crippen LogP contribution in [-0.4, -0.2) is 38.0 Å². The standard InChI is InChI=1S/C18H25N3O3/c1-4-21(17(7-6-10-19)13-24-5-2)16-9-8-15(12-22)18(11-16)20-14(3)23/h8-9,11-12,17H,4-7,13H2,1-3H3,(H,20,23). The zero-order chi connectivity index (χ0) is 17.9. The van der Waals surface area contributed by atoms with Crippen molar-refractivity contribution >= 4 is 23.6 Å². The fourth-order valence-electron chi connectivity index (χ4n) is 2.59. The number of nitrogens with zero attached hydrogens (tertiary/aromatic N) is 2. The number of rotatable bonds is 10. The first-order valence-corrected chi connectivity index (χ1v) is 8.15. The molecular weight excluding hydrogens is 306 g/mol. The van der Waals surface area contributed by atoms with Gasteiger partial charge >= 0.3 is 0 Å². The fourth-order valence-corrected chi connectivity index (χ4v) is 2.59. The molecule has 1 aromatic carbocycles. The molecule has 0 aliphatic heterocycles. The molecule has 0 aliphatic rings. The van der Waals surface area contributed by atoms with E-state index in [1.54, 1.807) is 12.1 Å². The minimum atomic E-state index is -0.228. The maximum Gasteiger partial charge on any atom is 0.221 e. The molecule has 1 N–H and O–H groups in total. The lowest BCUT2D eigenvalue weighted by atomic mass is 10.1.